The van der Waals surface area contributed by atoms with E-state index < -0.39 is 17.5 Å². The van der Waals surface area contributed by atoms with Gasteiger partial charge in [0.25, 0.3) is 5.91 Å². The van der Waals surface area contributed by atoms with Gasteiger partial charge in [-0.05, 0) is 36.2 Å². The van der Waals surface area contributed by atoms with Crippen LogP contribution in [0.15, 0.2) is 66.7 Å². The molecule has 0 unspecified atom stereocenters. The molecule has 0 bridgehead atoms. The second-order valence-electron chi connectivity index (χ2n) is 8.07. The summed E-state index contributed by atoms with van der Waals surface area (Å²) in [4.78, 5) is 43.6. The Morgan fingerprint density at radius 2 is 1.61 bits per heavy atom. The number of fused-ring (bicyclic) bond motifs is 2. The molecule has 1 atom stereocenters. The predicted molar refractivity (Wildman–Crippen MR) is 119 cm³/mol. The van der Waals surface area contributed by atoms with Gasteiger partial charge in [0, 0.05) is 22.2 Å². The van der Waals surface area contributed by atoms with Crippen LogP contribution in [0.4, 0.5) is 4.79 Å². The van der Waals surface area contributed by atoms with Crippen molar-refractivity contribution in [1.29, 1.82) is 0 Å². The number of ketones is 1. The Balaban J connectivity index is 1.50. The van der Waals surface area contributed by atoms with E-state index >= 15 is 0 Å². The van der Waals surface area contributed by atoms with Gasteiger partial charge in [0.2, 0.25) is 0 Å². The number of hydrogen-bond acceptors (Lipinski definition) is 3. The highest BCUT2D eigenvalue weighted by molar-refractivity contribution is 6.15. The van der Waals surface area contributed by atoms with E-state index in [-0.39, 0.29) is 12.3 Å². The molecule has 0 spiro atoms. The fourth-order valence-corrected chi connectivity index (χ4v) is 4.54. The number of H-pyrrole nitrogens is 1. The molecule has 2 heterocycles. The van der Waals surface area contributed by atoms with Gasteiger partial charge in [0.05, 0.1) is 6.54 Å². The van der Waals surface area contributed by atoms with Gasteiger partial charge < -0.3 is 10.3 Å². The first kappa shape index (κ1) is 19.1. The van der Waals surface area contributed by atoms with E-state index in [4.69, 9.17) is 0 Å². The van der Waals surface area contributed by atoms with Crippen LogP contribution in [0.1, 0.15) is 28.5 Å². The molecule has 3 amide bonds. The Morgan fingerprint density at radius 3 is 2.42 bits per heavy atom. The number of aryl methyl sites for hydroxylation is 1. The van der Waals surface area contributed by atoms with E-state index in [0.29, 0.717) is 11.1 Å². The number of carbonyl (C=O) groups is 3. The van der Waals surface area contributed by atoms with Crippen LogP contribution in [0.5, 0.6) is 0 Å². The van der Waals surface area contributed by atoms with Crippen molar-refractivity contribution in [2.75, 3.05) is 6.54 Å². The lowest BCUT2D eigenvalue weighted by molar-refractivity contribution is -0.130. The highest BCUT2D eigenvalue weighted by Crippen LogP contribution is 2.34. The zero-order chi connectivity index (χ0) is 21.8. The highest BCUT2D eigenvalue weighted by atomic mass is 16.2. The molecule has 4 aromatic rings. The van der Waals surface area contributed by atoms with Crippen molar-refractivity contribution in [3.63, 3.8) is 0 Å². The highest BCUT2D eigenvalue weighted by Gasteiger charge is 2.50. The third-order valence-corrected chi connectivity index (χ3v) is 6.08. The maximum atomic E-state index is 13.4. The van der Waals surface area contributed by atoms with E-state index in [2.05, 4.69) is 10.3 Å². The first-order valence-electron chi connectivity index (χ1n) is 10.1. The number of urea groups is 1. The van der Waals surface area contributed by atoms with Crippen molar-refractivity contribution in [2.24, 2.45) is 0 Å². The minimum atomic E-state index is -1.24. The normalized spacial score (nSPS) is 18.7. The molecule has 0 saturated carbocycles. The number of nitrogens with zero attached hydrogens (tertiary/aromatic N) is 1. The number of rotatable bonds is 4. The van der Waals surface area contributed by atoms with Gasteiger partial charge >= 0.3 is 6.03 Å². The predicted octanol–water partition coefficient (Wildman–Crippen LogP) is 4.28. The summed E-state index contributed by atoms with van der Waals surface area (Å²) in [6, 6.07) is 20.3. The Hall–Kier alpha value is -3.93. The van der Waals surface area contributed by atoms with Crippen LogP contribution >= 0.6 is 0 Å². The number of carbonyl (C=O) groups excluding carboxylic acids is 3. The average Bonchev–Trinajstić information content (AvgIpc) is 3.21. The van der Waals surface area contributed by atoms with Gasteiger partial charge in [-0.1, -0.05) is 60.7 Å². The second kappa shape index (κ2) is 6.80. The molecule has 0 aliphatic carbocycles. The molecule has 6 heteroatoms. The Morgan fingerprint density at radius 1 is 0.935 bits per heavy atom. The standard InChI is InChI=1S/C25H21N3O3/c1-15-22(18-11-5-6-13-20(18)26-15)21(29)14-28-23(30)25(2,27-24(28)31)19-12-7-9-16-8-3-4-10-17(16)19/h3-13,26H,14H2,1-2H3,(H,27,31)/t25-/m1/s1. The molecule has 1 saturated heterocycles. The van der Waals surface area contributed by atoms with Gasteiger partial charge in [-0.15, -0.1) is 0 Å². The van der Waals surface area contributed by atoms with E-state index in [1.54, 1.807) is 6.92 Å². The SMILES string of the molecule is Cc1[nH]c2ccccc2c1C(=O)CN1C(=O)N[C@](C)(c2cccc3ccccc23)C1=O. The molecular formula is C25H21N3O3. The van der Waals surface area contributed by atoms with Gasteiger partial charge in [-0.3, -0.25) is 14.5 Å². The van der Waals surface area contributed by atoms with Crippen molar-refractivity contribution in [3.8, 4) is 0 Å². The van der Waals surface area contributed by atoms with E-state index in [1.165, 1.54) is 0 Å². The maximum absolute atomic E-state index is 13.4. The molecule has 154 valence electrons. The fourth-order valence-electron chi connectivity index (χ4n) is 4.54. The molecule has 1 fully saturated rings. The van der Waals surface area contributed by atoms with Crippen LogP contribution in [0.25, 0.3) is 21.7 Å². The monoisotopic (exact) mass is 411 g/mol. The fraction of sp³-hybridized carbons (Fsp3) is 0.160. The third kappa shape index (κ3) is 2.83. The molecule has 6 nitrogen and oxygen atoms in total. The Labute approximate surface area is 178 Å². The number of para-hydroxylation sites is 1. The van der Waals surface area contributed by atoms with Crippen LogP contribution in [0.2, 0.25) is 0 Å². The van der Waals surface area contributed by atoms with Gasteiger partial charge in [-0.2, -0.15) is 0 Å². The number of aromatic amines is 1. The second-order valence-corrected chi connectivity index (χ2v) is 8.07. The molecule has 2 N–H and O–H groups in total. The van der Waals surface area contributed by atoms with Crippen LogP contribution in [-0.4, -0.2) is 34.2 Å². The lowest BCUT2D eigenvalue weighted by Gasteiger charge is -2.24. The molecular weight excluding hydrogens is 390 g/mol. The van der Waals surface area contributed by atoms with Gasteiger partial charge in [0.1, 0.15) is 5.54 Å². The molecule has 0 radical (unpaired) electrons. The molecule has 3 aromatic carbocycles. The van der Waals surface area contributed by atoms with Gasteiger partial charge in [-0.25, -0.2) is 4.79 Å². The summed E-state index contributed by atoms with van der Waals surface area (Å²) in [5.74, 6) is -0.708. The van der Waals surface area contributed by atoms with Crippen molar-refractivity contribution in [2.45, 2.75) is 19.4 Å². The van der Waals surface area contributed by atoms with Crippen LogP contribution in [0.3, 0.4) is 0 Å². The molecule has 1 aliphatic heterocycles. The van der Waals surface area contributed by atoms with Crippen molar-refractivity contribution < 1.29 is 14.4 Å². The maximum Gasteiger partial charge on any atom is 0.325 e. The summed E-state index contributed by atoms with van der Waals surface area (Å²) in [7, 11) is 0. The summed E-state index contributed by atoms with van der Waals surface area (Å²) in [6.07, 6.45) is 0. The number of hydrogen-bond donors (Lipinski definition) is 2. The Bertz CT molecular complexity index is 1380. The molecule has 31 heavy (non-hydrogen) atoms. The first-order valence-corrected chi connectivity index (χ1v) is 10.1. The number of Topliss-reactive ketones (excluding diaryl/α,β-unsaturated/α-hetero) is 1. The zero-order valence-electron chi connectivity index (χ0n) is 17.2. The number of benzene rings is 3. The Kier molecular flexibility index (Phi) is 4.18. The van der Waals surface area contributed by atoms with Crippen LogP contribution in [-0.2, 0) is 10.3 Å². The number of nitrogens with one attached hydrogen (secondary N) is 2. The average molecular weight is 411 g/mol. The number of imide groups is 1. The molecule has 1 aromatic heterocycles. The van der Waals surface area contributed by atoms with E-state index in [0.717, 1.165) is 32.3 Å². The summed E-state index contributed by atoms with van der Waals surface area (Å²) in [5, 5.41) is 5.47. The van der Waals surface area contributed by atoms with Gasteiger partial charge in [0.15, 0.2) is 5.78 Å². The largest absolute Gasteiger partial charge is 0.358 e. The summed E-state index contributed by atoms with van der Waals surface area (Å²) < 4.78 is 0. The quantitative estimate of drug-likeness (QED) is 0.388. The third-order valence-electron chi connectivity index (χ3n) is 6.08. The van der Waals surface area contributed by atoms with Crippen molar-refractivity contribution in [1.82, 2.24) is 15.2 Å². The number of aromatic nitrogens is 1. The summed E-state index contributed by atoms with van der Waals surface area (Å²) in [5.41, 5.74) is 1.54. The topological polar surface area (TPSA) is 82.3 Å². The van der Waals surface area contributed by atoms with Crippen LogP contribution in [0, 0.1) is 6.92 Å². The number of amides is 3. The smallest absolute Gasteiger partial charge is 0.325 e. The lowest BCUT2D eigenvalue weighted by atomic mass is 9.87. The zero-order valence-corrected chi connectivity index (χ0v) is 17.2. The van der Waals surface area contributed by atoms with Crippen LogP contribution < -0.4 is 5.32 Å². The molecule has 5 rings (SSSR count). The first-order chi connectivity index (χ1) is 14.9. The van der Waals surface area contributed by atoms with E-state index in [1.807, 2.05) is 73.7 Å². The van der Waals surface area contributed by atoms with Crippen molar-refractivity contribution in [3.05, 3.63) is 83.6 Å². The minimum absolute atomic E-state index is 0.277. The van der Waals surface area contributed by atoms with E-state index in [9.17, 15) is 14.4 Å². The lowest BCUT2D eigenvalue weighted by Crippen LogP contribution is -2.41. The summed E-state index contributed by atoms with van der Waals surface area (Å²) in [6.45, 7) is 3.20. The minimum Gasteiger partial charge on any atom is -0.358 e. The van der Waals surface area contributed by atoms with Crippen molar-refractivity contribution >= 4 is 39.4 Å². The molecule has 1 aliphatic rings. The summed E-state index contributed by atoms with van der Waals surface area (Å²) >= 11 is 0.